The highest BCUT2D eigenvalue weighted by atomic mass is 19.1. The zero-order valence-electron chi connectivity index (χ0n) is 12.0. The van der Waals surface area contributed by atoms with E-state index in [1.54, 1.807) is 6.07 Å². The summed E-state index contributed by atoms with van der Waals surface area (Å²) in [6.07, 6.45) is 0. The van der Waals surface area contributed by atoms with Gasteiger partial charge in [-0.15, -0.1) is 0 Å². The third-order valence-corrected chi connectivity index (χ3v) is 3.95. The van der Waals surface area contributed by atoms with Gasteiger partial charge in [-0.1, -0.05) is 13.0 Å². The van der Waals surface area contributed by atoms with E-state index in [1.807, 2.05) is 0 Å². The SMILES string of the molecule is CCN1CCN(Cc2ccc(C(=O)O)cc2F)CC1C. The summed E-state index contributed by atoms with van der Waals surface area (Å²) in [6, 6.07) is 4.61. The summed E-state index contributed by atoms with van der Waals surface area (Å²) in [4.78, 5) is 15.4. The highest BCUT2D eigenvalue weighted by Crippen LogP contribution is 2.16. The van der Waals surface area contributed by atoms with Crippen LogP contribution in [0.25, 0.3) is 0 Å². The average Bonchev–Trinajstić information content (AvgIpc) is 2.41. The topological polar surface area (TPSA) is 43.8 Å². The molecule has 1 aliphatic rings. The lowest BCUT2D eigenvalue weighted by molar-refractivity contribution is 0.0696. The number of hydrogen-bond donors (Lipinski definition) is 1. The first-order valence-electron chi connectivity index (χ1n) is 6.99. The van der Waals surface area contributed by atoms with Crippen LogP contribution in [0.15, 0.2) is 18.2 Å². The average molecular weight is 280 g/mol. The van der Waals surface area contributed by atoms with Gasteiger partial charge in [-0.05, 0) is 25.6 Å². The van der Waals surface area contributed by atoms with E-state index < -0.39 is 11.8 Å². The Labute approximate surface area is 118 Å². The molecule has 2 rings (SSSR count). The molecule has 0 bridgehead atoms. The van der Waals surface area contributed by atoms with Gasteiger partial charge in [-0.3, -0.25) is 9.80 Å². The van der Waals surface area contributed by atoms with Gasteiger partial charge < -0.3 is 5.11 Å². The third kappa shape index (κ3) is 3.35. The number of piperazine rings is 1. The molecule has 0 saturated carbocycles. The first-order chi connectivity index (χ1) is 9.51. The van der Waals surface area contributed by atoms with E-state index in [0.717, 1.165) is 32.2 Å². The maximum Gasteiger partial charge on any atom is 0.335 e. The molecule has 1 aromatic carbocycles. The lowest BCUT2D eigenvalue weighted by Crippen LogP contribution is -2.51. The lowest BCUT2D eigenvalue weighted by Gasteiger charge is -2.39. The highest BCUT2D eigenvalue weighted by Gasteiger charge is 2.23. The molecule has 1 fully saturated rings. The molecule has 1 saturated heterocycles. The molecule has 4 nitrogen and oxygen atoms in total. The molecule has 1 atom stereocenters. The van der Waals surface area contributed by atoms with Crippen LogP contribution >= 0.6 is 0 Å². The van der Waals surface area contributed by atoms with E-state index in [2.05, 4.69) is 23.6 Å². The zero-order valence-corrected chi connectivity index (χ0v) is 12.0. The van der Waals surface area contributed by atoms with Crippen LogP contribution in [0.3, 0.4) is 0 Å². The first-order valence-corrected chi connectivity index (χ1v) is 6.99. The van der Waals surface area contributed by atoms with Gasteiger partial charge >= 0.3 is 5.97 Å². The van der Waals surface area contributed by atoms with Crippen LogP contribution in [0, 0.1) is 5.82 Å². The van der Waals surface area contributed by atoms with Crippen molar-refractivity contribution in [3.05, 3.63) is 35.1 Å². The number of carbonyl (C=O) groups is 1. The van der Waals surface area contributed by atoms with Gasteiger partial charge in [-0.25, -0.2) is 9.18 Å². The molecule has 0 aromatic heterocycles. The number of aromatic carboxylic acids is 1. The smallest absolute Gasteiger partial charge is 0.335 e. The quantitative estimate of drug-likeness (QED) is 0.916. The van der Waals surface area contributed by atoms with Crippen LogP contribution < -0.4 is 0 Å². The molecule has 110 valence electrons. The Bertz CT molecular complexity index is 493. The minimum atomic E-state index is -1.10. The standard InChI is InChI=1S/C15H21FN2O2/c1-3-18-7-6-17(9-11(18)2)10-13-5-4-12(15(19)20)8-14(13)16/h4-5,8,11H,3,6-7,9-10H2,1-2H3,(H,19,20). The fourth-order valence-electron chi connectivity index (χ4n) is 2.73. The summed E-state index contributed by atoms with van der Waals surface area (Å²) in [7, 11) is 0. The van der Waals surface area contributed by atoms with Crippen LogP contribution in [0.4, 0.5) is 4.39 Å². The van der Waals surface area contributed by atoms with Gasteiger partial charge in [-0.2, -0.15) is 0 Å². The van der Waals surface area contributed by atoms with Gasteiger partial charge in [0, 0.05) is 37.8 Å². The second-order valence-corrected chi connectivity index (χ2v) is 5.32. The van der Waals surface area contributed by atoms with Crippen molar-refractivity contribution in [2.45, 2.75) is 26.4 Å². The molecule has 1 heterocycles. The normalized spacial score (nSPS) is 21.1. The minimum absolute atomic E-state index is 0.00424. The summed E-state index contributed by atoms with van der Waals surface area (Å²) in [5.41, 5.74) is 0.558. The molecule has 0 spiro atoms. The van der Waals surface area contributed by atoms with Gasteiger partial charge in [0.1, 0.15) is 5.82 Å². The van der Waals surface area contributed by atoms with E-state index >= 15 is 0 Å². The van der Waals surface area contributed by atoms with E-state index in [0.29, 0.717) is 18.2 Å². The van der Waals surface area contributed by atoms with Gasteiger partial charge in [0.05, 0.1) is 5.56 Å². The maximum atomic E-state index is 13.9. The molecule has 0 amide bonds. The van der Waals surface area contributed by atoms with Gasteiger partial charge in [0.15, 0.2) is 0 Å². The Morgan fingerprint density at radius 2 is 2.20 bits per heavy atom. The molecule has 1 aliphatic heterocycles. The number of hydrogen-bond acceptors (Lipinski definition) is 3. The summed E-state index contributed by atoms with van der Waals surface area (Å²) in [5, 5.41) is 8.83. The van der Waals surface area contributed by atoms with Crippen molar-refractivity contribution in [2.75, 3.05) is 26.2 Å². The van der Waals surface area contributed by atoms with Crippen LogP contribution in [-0.4, -0.2) is 53.1 Å². The van der Waals surface area contributed by atoms with Crippen molar-refractivity contribution in [2.24, 2.45) is 0 Å². The Hall–Kier alpha value is -1.46. The van der Waals surface area contributed by atoms with Crippen molar-refractivity contribution in [3.8, 4) is 0 Å². The largest absolute Gasteiger partial charge is 0.478 e. The lowest BCUT2D eigenvalue weighted by atomic mass is 10.1. The van der Waals surface area contributed by atoms with E-state index in [4.69, 9.17) is 5.11 Å². The summed E-state index contributed by atoms with van der Waals surface area (Å²) in [6.45, 7) is 8.72. The Morgan fingerprint density at radius 3 is 2.75 bits per heavy atom. The first kappa shape index (κ1) is 14.9. The van der Waals surface area contributed by atoms with Crippen LogP contribution in [0.5, 0.6) is 0 Å². The Morgan fingerprint density at radius 1 is 1.45 bits per heavy atom. The van der Waals surface area contributed by atoms with Crippen molar-refractivity contribution in [3.63, 3.8) is 0 Å². The number of carboxylic acids is 1. The molecule has 1 unspecified atom stereocenters. The van der Waals surface area contributed by atoms with E-state index in [-0.39, 0.29) is 5.56 Å². The third-order valence-electron chi connectivity index (χ3n) is 3.95. The summed E-state index contributed by atoms with van der Waals surface area (Å²) < 4.78 is 13.9. The number of likely N-dealkylation sites (N-methyl/N-ethyl adjacent to an activating group) is 1. The van der Waals surface area contributed by atoms with E-state index in [9.17, 15) is 9.18 Å². The predicted octanol–water partition coefficient (Wildman–Crippen LogP) is 2.05. The van der Waals surface area contributed by atoms with E-state index in [1.165, 1.54) is 6.07 Å². The fraction of sp³-hybridized carbons (Fsp3) is 0.533. The Balaban J connectivity index is 2.02. The molecule has 1 aromatic rings. The molecule has 20 heavy (non-hydrogen) atoms. The van der Waals surface area contributed by atoms with Crippen LogP contribution in [0.1, 0.15) is 29.8 Å². The zero-order chi connectivity index (χ0) is 14.7. The molecule has 0 aliphatic carbocycles. The Kier molecular flexibility index (Phi) is 4.73. The number of rotatable bonds is 4. The summed E-state index contributed by atoms with van der Waals surface area (Å²) in [5.74, 6) is -1.53. The molecular weight excluding hydrogens is 259 g/mol. The number of carboxylic acid groups (broad SMARTS) is 1. The predicted molar refractivity (Wildman–Crippen MR) is 75.3 cm³/mol. The number of halogens is 1. The summed E-state index contributed by atoms with van der Waals surface area (Å²) >= 11 is 0. The van der Waals surface area contributed by atoms with Crippen molar-refractivity contribution in [1.82, 2.24) is 9.80 Å². The number of nitrogens with zero attached hydrogens (tertiary/aromatic N) is 2. The molecule has 1 N–H and O–H groups in total. The van der Waals surface area contributed by atoms with Crippen LogP contribution in [-0.2, 0) is 6.54 Å². The van der Waals surface area contributed by atoms with Gasteiger partial charge in [0.25, 0.3) is 0 Å². The van der Waals surface area contributed by atoms with Crippen molar-refractivity contribution in [1.29, 1.82) is 0 Å². The monoisotopic (exact) mass is 280 g/mol. The van der Waals surface area contributed by atoms with Crippen molar-refractivity contribution < 1.29 is 14.3 Å². The second kappa shape index (κ2) is 6.33. The van der Waals surface area contributed by atoms with Crippen molar-refractivity contribution >= 4 is 5.97 Å². The minimum Gasteiger partial charge on any atom is -0.478 e. The molecule has 0 radical (unpaired) electrons. The molecule has 5 heteroatoms. The second-order valence-electron chi connectivity index (χ2n) is 5.32. The fourth-order valence-corrected chi connectivity index (χ4v) is 2.73. The van der Waals surface area contributed by atoms with Gasteiger partial charge in [0.2, 0.25) is 0 Å². The molecular formula is C15H21FN2O2. The highest BCUT2D eigenvalue weighted by molar-refractivity contribution is 5.87. The van der Waals surface area contributed by atoms with Crippen LogP contribution in [0.2, 0.25) is 0 Å². The maximum absolute atomic E-state index is 13.9. The number of benzene rings is 1.